The maximum absolute atomic E-state index is 9.95. The van der Waals surface area contributed by atoms with Crippen LogP contribution < -0.4 is 37.4 Å². The van der Waals surface area contributed by atoms with Crippen LogP contribution in [0.25, 0.3) is 0 Å². The van der Waals surface area contributed by atoms with Crippen molar-refractivity contribution in [2.45, 2.75) is 0 Å². The molecule has 0 fully saturated rings. The molecule has 0 spiro atoms. The zero-order chi connectivity index (χ0) is 32.2. The summed E-state index contributed by atoms with van der Waals surface area (Å²) in [5.41, 5.74) is 8.52. The Morgan fingerprint density at radius 2 is 0.957 bits per heavy atom. The SMILES string of the molecule is CNC(=S)NN=C(C(=NNC(=S)NC[P+](c1ccccc1)(c1ccccc1)c1ccccc1)c1ccccc1)c1ccc(O)cc1. The van der Waals surface area contributed by atoms with Crippen LogP contribution in [0.3, 0.4) is 0 Å². The maximum Gasteiger partial charge on any atom is 0.189 e. The van der Waals surface area contributed by atoms with Crippen LogP contribution in [0.5, 0.6) is 5.75 Å². The molecule has 0 bridgehead atoms. The van der Waals surface area contributed by atoms with Crippen molar-refractivity contribution in [1.82, 2.24) is 21.5 Å². The van der Waals surface area contributed by atoms with Crippen LogP contribution in [-0.4, -0.2) is 40.1 Å². The van der Waals surface area contributed by atoms with Gasteiger partial charge in [-0.15, -0.1) is 0 Å². The molecule has 0 aromatic heterocycles. The fourth-order valence-corrected chi connectivity index (χ4v) is 9.14. The topological polar surface area (TPSA) is 93.1 Å². The highest BCUT2D eigenvalue weighted by atomic mass is 32.1. The lowest BCUT2D eigenvalue weighted by molar-refractivity contribution is 0.475. The highest BCUT2D eigenvalue weighted by molar-refractivity contribution is 7.95. The van der Waals surface area contributed by atoms with E-state index in [0.717, 1.165) is 11.1 Å². The normalized spacial score (nSPS) is 11.8. The minimum Gasteiger partial charge on any atom is -0.508 e. The van der Waals surface area contributed by atoms with Crippen LogP contribution in [0.2, 0.25) is 0 Å². The smallest absolute Gasteiger partial charge is 0.189 e. The lowest BCUT2D eigenvalue weighted by Gasteiger charge is -2.28. The van der Waals surface area contributed by atoms with E-state index in [1.807, 2.05) is 48.5 Å². The molecular formula is C36H34N6OPS2+. The molecule has 230 valence electrons. The second-order valence-corrected chi connectivity index (χ2v) is 14.4. The molecule has 5 aromatic carbocycles. The molecule has 5 aromatic rings. The van der Waals surface area contributed by atoms with Gasteiger partial charge < -0.3 is 15.7 Å². The Bertz CT molecular complexity index is 1710. The number of hydrazone groups is 2. The van der Waals surface area contributed by atoms with Crippen molar-refractivity contribution < 1.29 is 5.11 Å². The van der Waals surface area contributed by atoms with E-state index in [0.29, 0.717) is 27.9 Å². The molecule has 0 aliphatic carbocycles. The van der Waals surface area contributed by atoms with Crippen LogP contribution in [0.4, 0.5) is 0 Å². The number of phenolic OH excluding ortho intramolecular Hbond substituents is 1. The van der Waals surface area contributed by atoms with Crippen LogP contribution in [-0.2, 0) is 0 Å². The van der Waals surface area contributed by atoms with E-state index in [1.165, 1.54) is 15.9 Å². The minimum absolute atomic E-state index is 0.144. The third-order valence-corrected chi connectivity index (χ3v) is 11.9. The van der Waals surface area contributed by atoms with Gasteiger partial charge in [0.2, 0.25) is 0 Å². The Morgan fingerprint density at radius 1 is 0.565 bits per heavy atom. The second-order valence-electron chi connectivity index (χ2n) is 10.1. The fraction of sp³-hybridized carbons (Fsp3) is 0.0556. The molecule has 10 heteroatoms. The zero-order valence-electron chi connectivity index (χ0n) is 25.2. The molecule has 0 amide bonds. The van der Waals surface area contributed by atoms with Crippen molar-refractivity contribution in [3.63, 3.8) is 0 Å². The summed E-state index contributed by atoms with van der Waals surface area (Å²) < 4.78 is 0. The van der Waals surface area contributed by atoms with E-state index in [2.05, 4.69) is 99.4 Å². The van der Waals surface area contributed by atoms with E-state index < -0.39 is 7.26 Å². The zero-order valence-corrected chi connectivity index (χ0v) is 27.7. The van der Waals surface area contributed by atoms with E-state index in [4.69, 9.17) is 29.5 Å². The first-order chi connectivity index (χ1) is 22.5. The van der Waals surface area contributed by atoms with E-state index in [-0.39, 0.29) is 5.75 Å². The van der Waals surface area contributed by atoms with Crippen molar-refractivity contribution in [1.29, 1.82) is 0 Å². The van der Waals surface area contributed by atoms with Crippen molar-refractivity contribution in [3.8, 4) is 5.75 Å². The summed E-state index contributed by atoms with van der Waals surface area (Å²) >= 11 is 11.1. The molecule has 0 aliphatic rings. The standard InChI is InChI=1S/C36H33N6OPS2/c1-37-35(45)41-39-34(28-22-24-29(43)25-23-28)33(27-14-6-2-7-15-27)40-42-36(46)38-26-44(30-16-8-3-9-17-30,31-18-10-4-11-19-31)32-20-12-5-13-21-32/h2-25H,26H2,1H3,(H4-,37,38,39,40,41,42,43,45,46)/p+1. The quantitative estimate of drug-likeness (QED) is 0.0622. The first-order valence-electron chi connectivity index (χ1n) is 14.6. The number of phenols is 1. The maximum atomic E-state index is 9.95. The van der Waals surface area contributed by atoms with Gasteiger partial charge >= 0.3 is 0 Å². The highest BCUT2D eigenvalue weighted by Crippen LogP contribution is 2.54. The molecule has 7 nitrogen and oxygen atoms in total. The van der Waals surface area contributed by atoms with Crippen LogP contribution in [0, 0.1) is 0 Å². The van der Waals surface area contributed by atoms with Crippen molar-refractivity contribution in [3.05, 3.63) is 157 Å². The summed E-state index contributed by atoms with van der Waals surface area (Å²) in [7, 11) is -0.461. The average Bonchev–Trinajstić information content (AvgIpc) is 3.12. The Balaban J connectivity index is 1.51. The largest absolute Gasteiger partial charge is 0.508 e. The number of nitrogens with one attached hydrogen (secondary N) is 4. The summed E-state index contributed by atoms with van der Waals surface area (Å²) in [5, 5.41) is 30.2. The number of aromatic hydroxyl groups is 1. The summed E-state index contributed by atoms with van der Waals surface area (Å²) in [6.45, 7) is 0. The number of rotatable bonds is 10. The molecule has 46 heavy (non-hydrogen) atoms. The first kappa shape index (κ1) is 32.4. The Kier molecular flexibility index (Phi) is 11.2. The van der Waals surface area contributed by atoms with Gasteiger partial charge in [-0.1, -0.05) is 84.9 Å². The monoisotopic (exact) mass is 661 g/mol. The van der Waals surface area contributed by atoms with Gasteiger partial charge in [-0.25, -0.2) is 0 Å². The van der Waals surface area contributed by atoms with Gasteiger partial charge in [0, 0.05) is 18.2 Å². The molecule has 5 rings (SSSR count). The molecule has 0 heterocycles. The van der Waals surface area contributed by atoms with E-state index in [9.17, 15) is 5.11 Å². The first-order valence-corrected chi connectivity index (χ1v) is 17.4. The molecule has 0 saturated carbocycles. The molecule has 0 saturated heterocycles. The molecule has 0 unspecified atom stereocenters. The van der Waals surface area contributed by atoms with Gasteiger partial charge in [0.1, 0.15) is 46.6 Å². The number of hydrogen-bond donors (Lipinski definition) is 5. The number of thiocarbonyl (C=S) groups is 2. The summed E-state index contributed by atoms with van der Waals surface area (Å²) in [6, 6.07) is 48.2. The molecule has 0 aliphatic heterocycles. The number of nitrogens with zero attached hydrogens (tertiary/aromatic N) is 2. The van der Waals surface area contributed by atoms with Crippen LogP contribution in [0.15, 0.2) is 156 Å². The molecule has 5 N–H and O–H groups in total. The van der Waals surface area contributed by atoms with E-state index in [1.54, 1.807) is 31.3 Å². The van der Waals surface area contributed by atoms with Gasteiger partial charge in [-0.05, 0) is 85.1 Å². The predicted octanol–water partition coefficient (Wildman–Crippen LogP) is 5.01. The lowest BCUT2D eigenvalue weighted by Crippen LogP contribution is -2.42. The number of hydrogen-bond acceptors (Lipinski definition) is 5. The van der Waals surface area contributed by atoms with Crippen molar-refractivity contribution in [2.75, 3.05) is 13.3 Å². The third-order valence-electron chi connectivity index (χ3n) is 7.25. The van der Waals surface area contributed by atoms with Crippen LogP contribution in [0.1, 0.15) is 11.1 Å². The van der Waals surface area contributed by atoms with Crippen molar-refractivity contribution >= 4 is 69.3 Å². The fourth-order valence-electron chi connectivity index (χ4n) is 4.99. The van der Waals surface area contributed by atoms with Gasteiger partial charge in [-0.2, -0.15) is 10.2 Å². The molecule has 0 radical (unpaired) electrons. The Morgan fingerprint density at radius 3 is 1.39 bits per heavy atom. The Labute approximate surface area is 280 Å². The van der Waals surface area contributed by atoms with Gasteiger partial charge in [-0.3, -0.25) is 10.9 Å². The third kappa shape index (κ3) is 7.82. The van der Waals surface area contributed by atoms with E-state index >= 15 is 0 Å². The average molecular weight is 662 g/mol. The second kappa shape index (κ2) is 15.9. The lowest BCUT2D eigenvalue weighted by atomic mass is 10.00. The Hall–Kier alpha value is -4.95. The van der Waals surface area contributed by atoms with Crippen molar-refractivity contribution in [2.24, 2.45) is 10.2 Å². The summed E-state index contributed by atoms with van der Waals surface area (Å²) in [4.78, 5) is 0. The van der Waals surface area contributed by atoms with Gasteiger partial charge in [0.15, 0.2) is 10.2 Å². The summed E-state index contributed by atoms with van der Waals surface area (Å²) in [5.74, 6) is 0.144. The van der Waals surface area contributed by atoms with Crippen LogP contribution >= 0.6 is 31.7 Å². The minimum atomic E-state index is -2.18. The van der Waals surface area contributed by atoms with Gasteiger partial charge in [0.05, 0.1) is 0 Å². The summed E-state index contributed by atoms with van der Waals surface area (Å²) in [6.07, 6.45) is 0.573. The number of benzene rings is 5. The molecular weight excluding hydrogens is 628 g/mol. The molecule has 0 atom stereocenters. The predicted molar refractivity (Wildman–Crippen MR) is 201 cm³/mol. The highest BCUT2D eigenvalue weighted by Gasteiger charge is 2.45. The van der Waals surface area contributed by atoms with Gasteiger partial charge in [0.25, 0.3) is 0 Å².